The Morgan fingerprint density at radius 1 is 1.11 bits per heavy atom. The zero-order valence-electron chi connectivity index (χ0n) is 10.9. The number of ether oxygens (including phenoxy) is 1. The van der Waals surface area contributed by atoms with Crippen LogP contribution in [-0.4, -0.2) is 19.2 Å². The highest BCUT2D eigenvalue weighted by Crippen LogP contribution is 2.14. The fourth-order valence-electron chi connectivity index (χ4n) is 1.79. The minimum absolute atomic E-state index is 0. The third kappa shape index (κ3) is 6.75. The molecular weight excluding hydrogens is 240 g/mol. The van der Waals surface area contributed by atoms with E-state index in [1.165, 1.54) is 0 Å². The Kier molecular flexibility index (Phi) is 9.41. The second-order valence-corrected chi connectivity index (χ2v) is 4.27. The van der Waals surface area contributed by atoms with E-state index in [1.807, 2.05) is 0 Å². The number of unbranched alkanes of at least 4 members (excludes halogenated alkanes) is 4. The molecule has 0 radical (unpaired) electrons. The van der Waals surface area contributed by atoms with Gasteiger partial charge in [-0.05, 0) is 37.1 Å². The van der Waals surface area contributed by atoms with Gasteiger partial charge in [0.15, 0.2) is 5.78 Å². The van der Waals surface area contributed by atoms with Crippen molar-refractivity contribution in [1.29, 1.82) is 0 Å². The van der Waals surface area contributed by atoms with Crippen molar-refractivity contribution in [2.45, 2.75) is 46.0 Å². The van der Waals surface area contributed by atoms with Gasteiger partial charge in [-0.3, -0.25) is 4.79 Å². The minimum atomic E-state index is 0. The van der Waals surface area contributed by atoms with Crippen molar-refractivity contribution in [3.63, 3.8) is 0 Å². The second kappa shape index (κ2) is 10.3. The van der Waals surface area contributed by atoms with Crippen LogP contribution in [0.15, 0.2) is 24.3 Å². The number of carbonyl (C=O) groups excluding carboxylic acids is 2. The number of hydrogen-bond donors (Lipinski definition) is 0. The Labute approximate surface area is 116 Å². The first-order valence-corrected chi connectivity index (χ1v) is 6.39. The number of rotatable bonds is 9. The minimum Gasteiger partial charge on any atom is -0.497 e. The lowest BCUT2D eigenvalue weighted by atomic mass is 10.0. The van der Waals surface area contributed by atoms with Crippen LogP contribution in [0.2, 0.25) is 0 Å². The van der Waals surface area contributed by atoms with Gasteiger partial charge in [0.25, 0.3) is 0 Å². The van der Waals surface area contributed by atoms with Crippen molar-refractivity contribution < 1.29 is 14.3 Å². The van der Waals surface area contributed by atoms with E-state index in [1.54, 1.807) is 31.4 Å². The monoisotopic (exact) mass is 264 g/mol. The largest absolute Gasteiger partial charge is 0.497 e. The van der Waals surface area contributed by atoms with Crippen LogP contribution in [0, 0.1) is 0 Å². The van der Waals surface area contributed by atoms with Crippen LogP contribution < -0.4 is 4.74 Å². The van der Waals surface area contributed by atoms with Crippen molar-refractivity contribution in [1.82, 2.24) is 0 Å². The van der Waals surface area contributed by atoms with Gasteiger partial charge in [0.2, 0.25) is 0 Å². The molecule has 0 saturated carbocycles. The maximum atomic E-state index is 11.8. The highest BCUT2D eigenvalue weighted by atomic mass is 16.5. The van der Waals surface area contributed by atoms with Gasteiger partial charge in [-0.1, -0.05) is 20.3 Å². The number of Topliss-reactive ketones (excluding diaryl/α,β-unsaturated/α-hetero) is 1. The first kappa shape index (κ1) is 17.4. The summed E-state index contributed by atoms with van der Waals surface area (Å²) in [5, 5.41) is 0. The predicted octanol–water partition coefficient (Wildman–Crippen LogP) is 4.05. The van der Waals surface area contributed by atoms with Crippen LogP contribution in [0.3, 0.4) is 0 Å². The molecule has 0 aliphatic carbocycles. The highest BCUT2D eigenvalue weighted by Gasteiger charge is 2.05. The van der Waals surface area contributed by atoms with Crippen LogP contribution >= 0.6 is 0 Å². The third-order valence-electron chi connectivity index (χ3n) is 2.89. The normalized spacial score (nSPS) is 9.53. The molecule has 0 aromatic heterocycles. The number of carbonyl (C=O) groups is 2. The number of ketones is 1. The first-order valence-electron chi connectivity index (χ1n) is 6.39. The average Bonchev–Trinajstić information content (AvgIpc) is 2.42. The summed E-state index contributed by atoms with van der Waals surface area (Å²) in [6, 6.07) is 7.20. The van der Waals surface area contributed by atoms with E-state index >= 15 is 0 Å². The fraction of sp³-hybridized carbons (Fsp3) is 0.500. The quantitative estimate of drug-likeness (QED) is 0.384. The maximum absolute atomic E-state index is 11.8. The molecule has 0 bridgehead atoms. The van der Waals surface area contributed by atoms with E-state index in [9.17, 15) is 9.59 Å². The number of hydrogen-bond acceptors (Lipinski definition) is 3. The van der Waals surface area contributed by atoms with Gasteiger partial charge in [0.05, 0.1) is 7.11 Å². The Morgan fingerprint density at radius 3 is 2.32 bits per heavy atom. The molecule has 0 spiro atoms. The molecule has 0 aliphatic rings. The summed E-state index contributed by atoms with van der Waals surface area (Å²) >= 11 is 0. The summed E-state index contributed by atoms with van der Waals surface area (Å²) < 4.78 is 5.05. The molecular formula is C16H24O3. The van der Waals surface area contributed by atoms with Crippen molar-refractivity contribution >= 4 is 12.1 Å². The van der Waals surface area contributed by atoms with Gasteiger partial charge in [-0.25, -0.2) is 0 Å². The molecule has 3 nitrogen and oxygen atoms in total. The zero-order valence-corrected chi connectivity index (χ0v) is 10.9. The van der Waals surface area contributed by atoms with Gasteiger partial charge in [0, 0.05) is 18.4 Å². The molecule has 0 amide bonds. The Balaban J connectivity index is 0.00000324. The van der Waals surface area contributed by atoms with E-state index in [0.717, 1.165) is 43.3 Å². The van der Waals surface area contributed by atoms with Crippen LogP contribution in [0.5, 0.6) is 5.75 Å². The van der Waals surface area contributed by atoms with Crippen LogP contribution in [0.1, 0.15) is 56.3 Å². The molecule has 0 heterocycles. The third-order valence-corrected chi connectivity index (χ3v) is 2.89. The Morgan fingerprint density at radius 2 is 1.74 bits per heavy atom. The molecule has 0 atom stereocenters. The van der Waals surface area contributed by atoms with Gasteiger partial charge in [0.1, 0.15) is 12.0 Å². The number of aldehydes is 1. The van der Waals surface area contributed by atoms with Crippen molar-refractivity contribution in [3.05, 3.63) is 29.8 Å². The molecule has 1 aromatic rings. The van der Waals surface area contributed by atoms with Gasteiger partial charge < -0.3 is 9.53 Å². The summed E-state index contributed by atoms with van der Waals surface area (Å²) in [5.74, 6) is 0.938. The SMILES string of the molecule is C.COc1ccc(C(=O)CCCCCCC=O)cc1. The van der Waals surface area contributed by atoms with E-state index in [0.29, 0.717) is 12.8 Å². The lowest BCUT2D eigenvalue weighted by molar-refractivity contribution is -0.107. The van der Waals surface area contributed by atoms with Crippen LogP contribution in [0.25, 0.3) is 0 Å². The molecule has 0 saturated heterocycles. The molecule has 106 valence electrons. The molecule has 19 heavy (non-hydrogen) atoms. The predicted molar refractivity (Wildman–Crippen MR) is 77.8 cm³/mol. The fourth-order valence-corrected chi connectivity index (χ4v) is 1.79. The molecule has 0 unspecified atom stereocenters. The van der Waals surface area contributed by atoms with Gasteiger partial charge in [-0.2, -0.15) is 0 Å². The lowest BCUT2D eigenvalue weighted by Gasteiger charge is -2.03. The van der Waals surface area contributed by atoms with Crippen LogP contribution in [0.4, 0.5) is 0 Å². The van der Waals surface area contributed by atoms with Crippen molar-refractivity contribution in [2.75, 3.05) is 7.11 Å². The van der Waals surface area contributed by atoms with Crippen molar-refractivity contribution in [2.24, 2.45) is 0 Å². The highest BCUT2D eigenvalue weighted by molar-refractivity contribution is 5.96. The molecule has 1 rings (SSSR count). The number of benzene rings is 1. The summed E-state index contributed by atoms with van der Waals surface area (Å²) in [4.78, 5) is 22.0. The van der Waals surface area contributed by atoms with E-state index in [4.69, 9.17) is 4.74 Å². The maximum Gasteiger partial charge on any atom is 0.162 e. The summed E-state index contributed by atoms with van der Waals surface area (Å²) in [6.45, 7) is 0. The molecule has 1 aromatic carbocycles. The summed E-state index contributed by atoms with van der Waals surface area (Å²) in [6.07, 6.45) is 6.01. The van der Waals surface area contributed by atoms with Crippen LogP contribution in [-0.2, 0) is 4.79 Å². The Bertz CT molecular complexity index is 368. The zero-order chi connectivity index (χ0) is 13.2. The van der Waals surface area contributed by atoms with Gasteiger partial charge >= 0.3 is 0 Å². The molecule has 0 aliphatic heterocycles. The standard InChI is InChI=1S/C15H20O3.CH4/c1-18-14-10-8-13(9-11-14)15(17)7-5-3-2-4-6-12-16;/h8-12H,2-7H2,1H3;1H4. The van der Waals surface area contributed by atoms with Crippen molar-refractivity contribution in [3.8, 4) is 5.75 Å². The van der Waals surface area contributed by atoms with E-state index in [2.05, 4.69) is 0 Å². The lowest BCUT2D eigenvalue weighted by Crippen LogP contribution is -1.98. The van der Waals surface area contributed by atoms with E-state index < -0.39 is 0 Å². The van der Waals surface area contributed by atoms with E-state index in [-0.39, 0.29) is 13.2 Å². The topological polar surface area (TPSA) is 43.4 Å². The molecule has 3 heteroatoms. The van der Waals surface area contributed by atoms with Gasteiger partial charge in [-0.15, -0.1) is 0 Å². The molecule has 0 fully saturated rings. The number of methoxy groups -OCH3 is 1. The second-order valence-electron chi connectivity index (χ2n) is 4.27. The average molecular weight is 264 g/mol. The molecule has 0 N–H and O–H groups in total. The summed E-state index contributed by atoms with van der Waals surface area (Å²) in [5.41, 5.74) is 0.740. The Hall–Kier alpha value is -1.64. The summed E-state index contributed by atoms with van der Waals surface area (Å²) in [7, 11) is 1.61. The smallest absolute Gasteiger partial charge is 0.162 e. The first-order chi connectivity index (χ1) is 8.77.